The first-order chi connectivity index (χ1) is 13.8. The number of hydrogen-bond donors (Lipinski definition) is 1. The number of ether oxygens (including phenoxy) is 1. The van der Waals surface area contributed by atoms with E-state index in [-0.39, 0.29) is 11.4 Å². The molecule has 1 amide bonds. The van der Waals surface area contributed by atoms with Crippen LogP contribution in [0.4, 0.5) is 0 Å². The molecule has 0 saturated heterocycles. The predicted molar refractivity (Wildman–Crippen MR) is 118 cm³/mol. The molecule has 1 aromatic heterocycles. The van der Waals surface area contributed by atoms with Crippen LogP contribution >= 0.6 is 23.4 Å². The van der Waals surface area contributed by atoms with E-state index in [0.29, 0.717) is 15.9 Å². The van der Waals surface area contributed by atoms with E-state index in [9.17, 15) is 4.79 Å². The Balaban J connectivity index is 1.81. The smallest absolute Gasteiger partial charge is 0.283 e. The molecular formula is C21H19ClN4O2S. The van der Waals surface area contributed by atoms with Crippen LogP contribution in [0.5, 0.6) is 5.75 Å². The topological polar surface area (TPSA) is 70.7 Å². The fourth-order valence-electron chi connectivity index (χ4n) is 3.50. The lowest BCUT2D eigenvalue weighted by Crippen LogP contribution is -2.35. The van der Waals surface area contributed by atoms with Crippen LogP contribution in [0.3, 0.4) is 0 Å². The van der Waals surface area contributed by atoms with Crippen LogP contribution in [0, 0.1) is 19.3 Å². The van der Waals surface area contributed by atoms with Crippen LogP contribution in [0.1, 0.15) is 23.9 Å². The van der Waals surface area contributed by atoms with E-state index < -0.39 is 5.91 Å². The van der Waals surface area contributed by atoms with Gasteiger partial charge in [-0.05, 0) is 56.7 Å². The molecule has 0 unspecified atom stereocenters. The maximum Gasteiger partial charge on any atom is 0.283 e. The maximum atomic E-state index is 12.6. The Kier molecular flexibility index (Phi) is 4.88. The fraction of sp³-hybridized carbons (Fsp3) is 0.190. The monoisotopic (exact) mass is 426 g/mol. The van der Waals surface area contributed by atoms with Crippen molar-refractivity contribution in [1.29, 1.82) is 5.41 Å². The highest BCUT2D eigenvalue weighted by molar-refractivity contribution is 8.17. The number of carbonyl (C=O) groups excluding carboxylic acids is 1. The van der Waals surface area contributed by atoms with E-state index in [0.717, 1.165) is 27.5 Å². The van der Waals surface area contributed by atoms with Gasteiger partial charge in [-0.3, -0.25) is 15.1 Å². The number of carbonyl (C=O) groups is 1. The third-order valence-corrected chi connectivity index (χ3v) is 5.98. The Bertz CT molecular complexity index is 1160. The molecule has 4 rings (SSSR count). The second-order valence-corrected chi connectivity index (χ2v) is 8.45. The van der Waals surface area contributed by atoms with Crippen LogP contribution in [0.25, 0.3) is 11.8 Å². The average Bonchev–Trinajstić information content (AvgIpc) is 3.17. The number of rotatable bonds is 3. The molecule has 1 N–H and O–H groups in total. The number of benzene rings is 1. The van der Waals surface area contributed by atoms with E-state index in [1.54, 1.807) is 24.2 Å². The van der Waals surface area contributed by atoms with Gasteiger partial charge in [-0.1, -0.05) is 23.4 Å². The molecule has 2 aliphatic heterocycles. The van der Waals surface area contributed by atoms with Crippen LogP contribution in [0.15, 0.2) is 45.9 Å². The minimum absolute atomic E-state index is 0.134. The first-order valence-corrected chi connectivity index (χ1v) is 10.1. The van der Waals surface area contributed by atoms with Crippen molar-refractivity contribution in [1.82, 2.24) is 9.47 Å². The lowest BCUT2D eigenvalue weighted by atomic mass is 10.1. The Morgan fingerprint density at radius 1 is 1.24 bits per heavy atom. The summed E-state index contributed by atoms with van der Waals surface area (Å²) in [4.78, 5) is 19.4. The number of aliphatic imine (C=N–C) groups is 1. The summed E-state index contributed by atoms with van der Waals surface area (Å²) in [6.07, 6.45) is 3.55. The minimum atomic E-state index is -0.401. The molecule has 2 aliphatic rings. The summed E-state index contributed by atoms with van der Waals surface area (Å²) in [5.74, 6) is 0.428. The van der Waals surface area contributed by atoms with Crippen molar-refractivity contribution in [2.75, 3.05) is 7.11 Å². The van der Waals surface area contributed by atoms with Crippen molar-refractivity contribution in [3.8, 4) is 11.4 Å². The van der Waals surface area contributed by atoms with Gasteiger partial charge in [0.05, 0.1) is 18.4 Å². The van der Waals surface area contributed by atoms with E-state index in [1.165, 1.54) is 11.8 Å². The number of nitrogens with zero attached hydrogens (tertiary/aromatic N) is 3. The van der Waals surface area contributed by atoms with Crippen LogP contribution in [-0.4, -0.2) is 33.5 Å². The van der Waals surface area contributed by atoms with Gasteiger partial charge in [-0.25, -0.2) is 0 Å². The number of aryl methyl sites for hydroxylation is 1. The molecule has 0 spiro atoms. The molecule has 2 aromatic rings. The van der Waals surface area contributed by atoms with Gasteiger partial charge in [0.25, 0.3) is 5.91 Å². The summed E-state index contributed by atoms with van der Waals surface area (Å²) in [6, 6.07) is 7.42. The fourth-order valence-corrected chi connectivity index (χ4v) is 4.48. The summed E-state index contributed by atoms with van der Waals surface area (Å²) in [7, 11) is 1.62. The van der Waals surface area contributed by atoms with Gasteiger partial charge >= 0.3 is 0 Å². The zero-order chi connectivity index (χ0) is 20.9. The number of fused-ring (bicyclic) bond motifs is 1. The molecule has 1 aromatic carbocycles. The predicted octanol–water partition coefficient (Wildman–Crippen LogP) is 4.92. The molecule has 29 heavy (non-hydrogen) atoms. The highest BCUT2D eigenvalue weighted by Crippen LogP contribution is 2.34. The third-order valence-electron chi connectivity index (χ3n) is 4.84. The standard InChI is InChI=1S/C21H19ClN4O2S/c1-11-7-14(13(3)26(11)17-9-15(22)5-6-18(17)28-4)8-16-19(23)25-10-12(2)29-21(25)24-20(16)27/h5-10,23H,1-4H3/b16-8-,23-19?. The molecule has 0 aliphatic carbocycles. The lowest BCUT2D eigenvalue weighted by Gasteiger charge is -2.22. The highest BCUT2D eigenvalue weighted by Gasteiger charge is 2.33. The van der Waals surface area contributed by atoms with Crippen molar-refractivity contribution in [2.24, 2.45) is 4.99 Å². The molecule has 0 atom stereocenters. The van der Waals surface area contributed by atoms with E-state index in [4.69, 9.17) is 21.7 Å². The Labute approximate surface area is 178 Å². The van der Waals surface area contributed by atoms with E-state index in [1.807, 2.05) is 49.7 Å². The first-order valence-electron chi connectivity index (χ1n) is 8.92. The van der Waals surface area contributed by atoms with Crippen molar-refractivity contribution in [2.45, 2.75) is 20.8 Å². The molecule has 6 nitrogen and oxygen atoms in total. The second kappa shape index (κ2) is 7.24. The number of halogens is 1. The summed E-state index contributed by atoms with van der Waals surface area (Å²) in [5, 5.41) is 9.62. The van der Waals surface area contributed by atoms with Crippen molar-refractivity contribution < 1.29 is 9.53 Å². The Hall–Kier alpha value is -2.77. The number of amidine groups is 2. The summed E-state index contributed by atoms with van der Waals surface area (Å²) >= 11 is 7.61. The summed E-state index contributed by atoms with van der Waals surface area (Å²) in [5.41, 5.74) is 3.79. The second-order valence-electron chi connectivity index (χ2n) is 6.80. The van der Waals surface area contributed by atoms with Crippen LogP contribution in [0.2, 0.25) is 5.02 Å². The SMILES string of the molecule is COc1ccc(Cl)cc1-n1c(C)cc(/C=C2/C(=N)N3C=C(C)SC3=NC2=O)c1C. The van der Waals surface area contributed by atoms with Crippen molar-refractivity contribution in [3.05, 3.63) is 62.9 Å². The number of allylic oxidation sites excluding steroid dienone is 1. The van der Waals surface area contributed by atoms with Gasteiger partial charge in [-0.15, -0.1) is 0 Å². The first kappa shape index (κ1) is 19.5. The summed E-state index contributed by atoms with van der Waals surface area (Å²) in [6.45, 7) is 5.86. The van der Waals surface area contributed by atoms with Gasteiger partial charge in [0.1, 0.15) is 11.6 Å². The van der Waals surface area contributed by atoms with E-state index >= 15 is 0 Å². The van der Waals surface area contributed by atoms with Crippen molar-refractivity contribution in [3.63, 3.8) is 0 Å². The minimum Gasteiger partial charge on any atom is -0.495 e. The number of nitrogens with one attached hydrogen (secondary N) is 1. The molecule has 3 heterocycles. The third kappa shape index (κ3) is 3.30. The molecule has 0 fully saturated rings. The lowest BCUT2D eigenvalue weighted by molar-refractivity contribution is -0.114. The zero-order valence-electron chi connectivity index (χ0n) is 16.4. The van der Waals surface area contributed by atoms with Gasteiger partial charge in [0, 0.05) is 27.5 Å². The normalized spacial score (nSPS) is 17.6. The Morgan fingerprint density at radius 2 is 2.00 bits per heavy atom. The molecule has 0 bridgehead atoms. The zero-order valence-corrected chi connectivity index (χ0v) is 18.0. The molecule has 8 heteroatoms. The van der Waals surface area contributed by atoms with Gasteiger partial charge in [0.2, 0.25) is 0 Å². The van der Waals surface area contributed by atoms with Gasteiger partial charge in [0.15, 0.2) is 5.17 Å². The number of thioether (sulfide) groups is 1. The molecule has 148 valence electrons. The number of amides is 1. The van der Waals surface area contributed by atoms with Gasteiger partial charge < -0.3 is 9.30 Å². The van der Waals surface area contributed by atoms with Crippen LogP contribution < -0.4 is 4.74 Å². The highest BCUT2D eigenvalue weighted by atomic mass is 35.5. The molecule has 0 saturated carbocycles. The molecular weight excluding hydrogens is 408 g/mol. The van der Waals surface area contributed by atoms with Crippen molar-refractivity contribution >= 4 is 46.3 Å². The summed E-state index contributed by atoms with van der Waals surface area (Å²) < 4.78 is 7.53. The number of aromatic nitrogens is 1. The largest absolute Gasteiger partial charge is 0.495 e. The molecule has 0 radical (unpaired) electrons. The number of hydrogen-bond acceptors (Lipinski definition) is 4. The van der Waals surface area contributed by atoms with E-state index in [2.05, 4.69) is 4.99 Å². The average molecular weight is 427 g/mol. The maximum absolute atomic E-state index is 12.6. The van der Waals surface area contributed by atoms with Crippen LogP contribution in [-0.2, 0) is 4.79 Å². The Morgan fingerprint density at radius 3 is 2.72 bits per heavy atom. The van der Waals surface area contributed by atoms with Gasteiger partial charge in [-0.2, -0.15) is 4.99 Å². The number of methoxy groups -OCH3 is 1. The quantitative estimate of drug-likeness (QED) is 0.707.